The van der Waals surface area contributed by atoms with E-state index in [1.54, 1.807) is 18.9 Å². The molecule has 1 unspecified atom stereocenters. The molecular weight excluding hydrogens is 246 g/mol. The van der Waals surface area contributed by atoms with E-state index in [4.69, 9.17) is 4.74 Å². The number of ether oxygens (including phenoxy) is 1. The molecule has 1 fully saturated rings. The Balaban J connectivity index is 0.00000256. The molecule has 0 bridgehead atoms. The lowest BCUT2D eigenvalue weighted by Crippen LogP contribution is -2.51. The standard InChI is InChI=1S/C10H19N3O3.ClH/c1-8(12-9(14)7-11-2)10(15)13-3-5-16-6-4-13;/h8,11H,3-7H2,1-2H3,(H,12,14);1H. The minimum absolute atomic E-state index is 0. The van der Waals surface area contributed by atoms with Crippen molar-refractivity contribution in [3.63, 3.8) is 0 Å². The van der Waals surface area contributed by atoms with E-state index in [2.05, 4.69) is 10.6 Å². The fourth-order valence-corrected chi connectivity index (χ4v) is 1.57. The highest BCUT2D eigenvalue weighted by molar-refractivity contribution is 5.88. The van der Waals surface area contributed by atoms with E-state index < -0.39 is 6.04 Å². The Morgan fingerprint density at radius 3 is 2.47 bits per heavy atom. The van der Waals surface area contributed by atoms with Crippen molar-refractivity contribution in [1.82, 2.24) is 15.5 Å². The van der Waals surface area contributed by atoms with Crippen LogP contribution in [-0.4, -0.2) is 62.7 Å². The van der Waals surface area contributed by atoms with Gasteiger partial charge in [-0.1, -0.05) is 0 Å². The van der Waals surface area contributed by atoms with E-state index in [1.807, 2.05) is 0 Å². The monoisotopic (exact) mass is 265 g/mol. The molecule has 1 rings (SSSR count). The second-order valence-corrected chi connectivity index (χ2v) is 3.76. The van der Waals surface area contributed by atoms with E-state index in [0.717, 1.165) is 0 Å². The van der Waals surface area contributed by atoms with Crippen LogP contribution >= 0.6 is 12.4 Å². The Labute approximate surface area is 107 Å². The highest BCUT2D eigenvalue weighted by atomic mass is 35.5. The Morgan fingerprint density at radius 2 is 1.94 bits per heavy atom. The predicted molar refractivity (Wildman–Crippen MR) is 66.2 cm³/mol. The van der Waals surface area contributed by atoms with Gasteiger partial charge in [-0.3, -0.25) is 9.59 Å². The zero-order chi connectivity index (χ0) is 12.0. The SMILES string of the molecule is CNCC(=O)NC(C)C(=O)N1CCOCC1.Cl. The normalized spacial score (nSPS) is 16.9. The van der Waals surface area contributed by atoms with Crippen molar-refractivity contribution in [2.75, 3.05) is 39.9 Å². The van der Waals surface area contributed by atoms with Gasteiger partial charge in [0, 0.05) is 13.1 Å². The van der Waals surface area contributed by atoms with Crippen LogP contribution in [0.5, 0.6) is 0 Å². The molecule has 0 aliphatic carbocycles. The summed E-state index contributed by atoms with van der Waals surface area (Å²) in [5, 5.41) is 5.38. The third-order valence-electron chi connectivity index (χ3n) is 2.41. The lowest BCUT2D eigenvalue weighted by atomic mass is 10.2. The average molecular weight is 266 g/mol. The van der Waals surface area contributed by atoms with Crippen LogP contribution in [0.3, 0.4) is 0 Å². The van der Waals surface area contributed by atoms with E-state index in [9.17, 15) is 9.59 Å². The van der Waals surface area contributed by atoms with Crippen LogP contribution in [0.15, 0.2) is 0 Å². The maximum atomic E-state index is 11.9. The van der Waals surface area contributed by atoms with Crippen molar-refractivity contribution in [1.29, 1.82) is 0 Å². The third-order valence-corrected chi connectivity index (χ3v) is 2.41. The van der Waals surface area contributed by atoms with Crippen molar-refractivity contribution in [2.24, 2.45) is 0 Å². The number of nitrogens with one attached hydrogen (secondary N) is 2. The minimum atomic E-state index is -0.473. The van der Waals surface area contributed by atoms with Gasteiger partial charge in [-0.25, -0.2) is 0 Å². The summed E-state index contributed by atoms with van der Waals surface area (Å²) in [5.41, 5.74) is 0. The first kappa shape index (κ1) is 16.1. The molecule has 2 amide bonds. The lowest BCUT2D eigenvalue weighted by molar-refractivity contribution is -0.139. The highest BCUT2D eigenvalue weighted by Gasteiger charge is 2.23. The van der Waals surface area contributed by atoms with Crippen LogP contribution in [0, 0.1) is 0 Å². The molecule has 0 aromatic heterocycles. The van der Waals surface area contributed by atoms with Gasteiger partial charge in [-0.2, -0.15) is 0 Å². The van der Waals surface area contributed by atoms with Crippen LogP contribution in [0.2, 0.25) is 0 Å². The molecule has 17 heavy (non-hydrogen) atoms. The highest BCUT2D eigenvalue weighted by Crippen LogP contribution is 2.00. The first-order valence-electron chi connectivity index (χ1n) is 5.45. The lowest BCUT2D eigenvalue weighted by Gasteiger charge is -2.29. The van der Waals surface area contributed by atoms with Gasteiger partial charge in [0.15, 0.2) is 0 Å². The van der Waals surface area contributed by atoms with E-state index >= 15 is 0 Å². The summed E-state index contributed by atoms with van der Waals surface area (Å²) in [6, 6.07) is -0.473. The molecule has 0 saturated carbocycles. The molecule has 0 radical (unpaired) electrons. The van der Waals surface area contributed by atoms with Crippen molar-refractivity contribution in [2.45, 2.75) is 13.0 Å². The van der Waals surface area contributed by atoms with Crippen LogP contribution in [0.25, 0.3) is 0 Å². The van der Waals surface area contributed by atoms with Gasteiger partial charge >= 0.3 is 0 Å². The van der Waals surface area contributed by atoms with Gasteiger partial charge in [0.2, 0.25) is 11.8 Å². The molecule has 1 atom stereocenters. The minimum Gasteiger partial charge on any atom is -0.378 e. The predicted octanol–water partition coefficient (Wildman–Crippen LogP) is -1.01. The number of morpholine rings is 1. The molecule has 7 heteroatoms. The number of carbonyl (C=O) groups is 2. The molecule has 1 aliphatic heterocycles. The topological polar surface area (TPSA) is 70.7 Å². The van der Waals surface area contributed by atoms with Gasteiger partial charge in [-0.05, 0) is 14.0 Å². The molecule has 0 spiro atoms. The Kier molecular flexibility index (Phi) is 7.86. The smallest absolute Gasteiger partial charge is 0.245 e. The maximum absolute atomic E-state index is 11.9. The number of hydrogen-bond donors (Lipinski definition) is 2. The summed E-state index contributed by atoms with van der Waals surface area (Å²) in [4.78, 5) is 24.9. The summed E-state index contributed by atoms with van der Waals surface area (Å²) in [6.45, 7) is 4.27. The number of halogens is 1. The number of amides is 2. The summed E-state index contributed by atoms with van der Waals surface area (Å²) < 4.78 is 5.16. The third kappa shape index (κ3) is 5.34. The molecule has 0 aromatic rings. The van der Waals surface area contributed by atoms with Crippen molar-refractivity contribution in [3.8, 4) is 0 Å². The first-order chi connectivity index (χ1) is 7.65. The van der Waals surface area contributed by atoms with Crippen LogP contribution in [-0.2, 0) is 14.3 Å². The number of nitrogens with zero attached hydrogens (tertiary/aromatic N) is 1. The van der Waals surface area contributed by atoms with E-state index in [1.165, 1.54) is 0 Å². The quantitative estimate of drug-likeness (QED) is 0.684. The summed E-state index contributed by atoms with van der Waals surface area (Å²) in [7, 11) is 1.69. The fourth-order valence-electron chi connectivity index (χ4n) is 1.57. The van der Waals surface area contributed by atoms with Crippen LogP contribution < -0.4 is 10.6 Å². The molecule has 100 valence electrons. The van der Waals surface area contributed by atoms with Gasteiger partial charge in [0.25, 0.3) is 0 Å². The van der Waals surface area contributed by atoms with Crippen LogP contribution in [0.1, 0.15) is 6.92 Å². The van der Waals surface area contributed by atoms with Crippen molar-refractivity contribution >= 4 is 24.2 Å². The van der Waals surface area contributed by atoms with Gasteiger partial charge in [-0.15, -0.1) is 12.4 Å². The first-order valence-corrected chi connectivity index (χ1v) is 5.45. The number of carbonyl (C=O) groups excluding carboxylic acids is 2. The second-order valence-electron chi connectivity index (χ2n) is 3.76. The average Bonchev–Trinajstić information content (AvgIpc) is 2.29. The molecule has 1 heterocycles. The largest absolute Gasteiger partial charge is 0.378 e. The second kappa shape index (κ2) is 8.27. The summed E-state index contributed by atoms with van der Waals surface area (Å²) in [6.07, 6.45) is 0. The van der Waals surface area contributed by atoms with Crippen molar-refractivity contribution < 1.29 is 14.3 Å². The Hall–Kier alpha value is -0.850. The maximum Gasteiger partial charge on any atom is 0.245 e. The van der Waals surface area contributed by atoms with Crippen molar-refractivity contribution in [3.05, 3.63) is 0 Å². The van der Waals surface area contributed by atoms with Gasteiger partial charge in [0.1, 0.15) is 6.04 Å². The number of hydrogen-bond acceptors (Lipinski definition) is 4. The molecule has 0 aromatic carbocycles. The van der Waals surface area contributed by atoms with E-state index in [0.29, 0.717) is 26.3 Å². The molecule has 6 nitrogen and oxygen atoms in total. The number of rotatable bonds is 4. The fraction of sp³-hybridized carbons (Fsp3) is 0.800. The van der Waals surface area contributed by atoms with Gasteiger partial charge < -0.3 is 20.3 Å². The molecule has 2 N–H and O–H groups in total. The van der Waals surface area contributed by atoms with Gasteiger partial charge in [0.05, 0.1) is 19.8 Å². The molecular formula is C10H20ClN3O3. The summed E-state index contributed by atoms with van der Waals surface area (Å²) >= 11 is 0. The number of likely N-dealkylation sites (N-methyl/N-ethyl adjacent to an activating group) is 1. The molecule has 1 saturated heterocycles. The van der Waals surface area contributed by atoms with Crippen LogP contribution in [0.4, 0.5) is 0 Å². The zero-order valence-electron chi connectivity index (χ0n) is 10.2. The summed E-state index contributed by atoms with van der Waals surface area (Å²) in [5.74, 6) is -0.218. The van der Waals surface area contributed by atoms with E-state index in [-0.39, 0.29) is 30.8 Å². The Bertz CT molecular complexity index is 257. The Morgan fingerprint density at radius 1 is 1.35 bits per heavy atom. The zero-order valence-corrected chi connectivity index (χ0v) is 11.0. The molecule has 1 aliphatic rings.